The molecule has 0 heterocycles. The van der Waals surface area contributed by atoms with Gasteiger partial charge in [-0.2, -0.15) is 4.31 Å². The van der Waals surface area contributed by atoms with Crippen LogP contribution in [0, 0.1) is 5.92 Å². The van der Waals surface area contributed by atoms with Gasteiger partial charge in [-0.3, -0.25) is 9.59 Å². The van der Waals surface area contributed by atoms with E-state index in [9.17, 15) is 18.0 Å². The molecule has 0 saturated heterocycles. The lowest BCUT2D eigenvalue weighted by Crippen LogP contribution is -2.36. The summed E-state index contributed by atoms with van der Waals surface area (Å²) in [6.45, 7) is 8.29. The quantitative estimate of drug-likeness (QED) is 0.596. The van der Waals surface area contributed by atoms with Crippen molar-refractivity contribution in [3.63, 3.8) is 0 Å². The predicted molar refractivity (Wildman–Crippen MR) is 104 cm³/mol. The van der Waals surface area contributed by atoms with E-state index in [4.69, 9.17) is 0 Å². The van der Waals surface area contributed by atoms with Gasteiger partial charge in [0.2, 0.25) is 10.0 Å². The van der Waals surface area contributed by atoms with E-state index < -0.39 is 10.0 Å². The molecule has 1 aromatic carbocycles. The van der Waals surface area contributed by atoms with Gasteiger partial charge in [0.15, 0.2) is 0 Å². The van der Waals surface area contributed by atoms with Crippen molar-refractivity contribution in [3.8, 4) is 0 Å². The van der Waals surface area contributed by atoms with Crippen molar-refractivity contribution in [2.24, 2.45) is 5.92 Å². The Hall–Kier alpha value is -1.93. The second-order valence-electron chi connectivity index (χ2n) is 7.11. The number of methoxy groups -OCH3 is 1. The molecule has 1 rings (SSSR count). The Morgan fingerprint density at radius 2 is 1.63 bits per heavy atom. The Morgan fingerprint density at radius 3 is 2.07 bits per heavy atom. The van der Waals surface area contributed by atoms with Gasteiger partial charge in [0.1, 0.15) is 0 Å². The first-order chi connectivity index (χ1) is 12.5. The van der Waals surface area contributed by atoms with E-state index in [0.717, 1.165) is 0 Å². The molecule has 0 bridgehead atoms. The topological polar surface area (TPSA) is 84.0 Å². The van der Waals surface area contributed by atoms with E-state index in [1.54, 1.807) is 18.7 Å². The Kier molecular flexibility index (Phi) is 8.43. The van der Waals surface area contributed by atoms with E-state index in [1.807, 2.05) is 13.8 Å². The molecule has 0 aliphatic carbocycles. The standard InChI is InChI=1S/C19H30N2O5S/c1-14(2)13-21(12-11-18(22)26-6)19(23)16-7-9-17(10-8-16)27(24,25)20(5)15(3)4/h7-10,14-15H,11-13H2,1-6H3. The van der Waals surface area contributed by atoms with Gasteiger partial charge in [0.05, 0.1) is 18.4 Å². The van der Waals surface area contributed by atoms with Gasteiger partial charge in [-0.25, -0.2) is 8.42 Å². The number of sulfonamides is 1. The minimum absolute atomic E-state index is 0.112. The third-order valence-electron chi connectivity index (χ3n) is 4.19. The summed E-state index contributed by atoms with van der Waals surface area (Å²) in [4.78, 5) is 25.9. The number of ether oxygens (including phenoxy) is 1. The summed E-state index contributed by atoms with van der Waals surface area (Å²) in [5, 5.41) is 0. The number of benzene rings is 1. The monoisotopic (exact) mass is 398 g/mol. The molecule has 0 N–H and O–H groups in total. The number of nitrogens with zero attached hydrogens (tertiary/aromatic N) is 2. The summed E-state index contributed by atoms with van der Waals surface area (Å²) in [7, 11) is -0.764. The van der Waals surface area contributed by atoms with E-state index in [0.29, 0.717) is 12.1 Å². The average Bonchev–Trinajstić information content (AvgIpc) is 2.63. The summed E-state index contributed by atoms with van der Waals surface area (Å²) < 4.78 is 31.0. The van der Waals surface area contributed by atoms with Gasteiger partial charge in [0.25, 0.3) is 5.91 Å². The highest BCUT2D eigenvalue weighted by molar-refractivity contribution is 7.89. The van der Waals surface area contributed by atoms with Crippen LogP contribution >= 0.6 is 0 Å². The minimum atomic E-state index is -3.60. The summed E-state index contributed by atoms with van der Waals surface area (Å²) in [6, 6.07) is 5.73. The molecule has 0 unspecified atom stereocenters. The smallest absolute Gasteiger partial charge is 0.307 e. The zero-order valence-corrected chi connectivity index (χ0v) is 17.7. The van der Waals surface area contributed by atoms with Crippen molar-refractivity contribution in [3.05, 3.63) is 29.8 Å². The van der Waals surface area contributed by atoms with Crippen molar-refractivity contribution < 1.29 is 22.7 Å². The number of carbonyl (C=O) groups is 2. The lowest BCUT2D eigenvalue weighted by Gasteiger charge is -2.24. The van der Waals surface area contributed by atoms with Crippen LogP contribution in [-0.4, -0.2) is 62.8 Å². The Bertz CT molecular complexity index is 742. The van der Waals surface area contributed by atoms with E-state index in [2.05, 4.69) is 4.74 Å². The highest BCUT2D eigenvalue weighted by Gasteiger charge is 2.24. The molecule has 0 aliphatic rings. The molecule has 0 aliphatic heterocycles. The van der Waals surface area contributed by atoms with Gasteiger partial charge in [0, 0.05) is 31.7 Å². The normalized spacial score (nSPS) is 11.9. The van der Waals surface area contributed by atoms with Crippen LogP contribution in [0.3, 0.4) is 0 Å². The van der Waals surface area contributed by atoms with Gasteiger partial charge in [-0.05, 0) is 44.0 Å². The van der Waals surface area contributed by atoms with Crippen LogP contribution in [0.2, 0.25) is 0 Å². The highest BCUT2D eigenvalue weighted by Crippen LogP contribution is 2.18. The Balaban J connectivity index is 3.02. The second kappa shape index (κ2) is 9.85. The zero-order chi connectivity index (χ0) is 20.8. The molecule has 1 amide bonds. The number of esters is 1. The Labute approximate surface area is 162 Å². The van der Waals surface area contributed by atoms with Crippen molar-refractivity contribution in [1.82, 2.24) is 9.21 Å². The molecule has 0 spiro atoms. The lowest BCUT2D eigenvalue weighted by molar-refractivity contribution is -0.140. The SMILES string of the molecule is COC(=O)CCN(CC(C)C)C(=O)c1ccc(S(=O)(=O)N(C)C(C)C)cc1. The van der Waals surface area contributed by atoms with E-state index in [-0.39, 0.29) is 41.7 Å². The van der Waals surface area contributed by atoms with Gasteiger partial charge in [-0.1, -0.05) is 13.8 Å². The molecule has 152 valence electrons. The number of hydrogen-bond acceptors (Lipinski definition) is 5. The fourth-order valence-corrected chi connectivity index (χ4v) is 3.81. The van der Waals surface area contributed by atoms with E-state index >= 15 is 0 Å². The minimum Gasteiger partial charge on any atom is -0.469 e. The van der Waals surface area contributed by atoms with Crippen LogP contribution in [0.25, 0.3) is 0 Å². The summed E-state index contributed by atoms with van der Waals surface area (Å²) in [5.41, 5.74) is 0.381. The number of rotatable bonds is 9. The van der Waals surface area contributed by atoms with Crippen LogP contribution in [0.15, 0.2) is 29.2 Å². The highest BCUT2D eigenvalue weighted by atomic mass is 32.2. The predicted octanol–water partition coefficient (Wildman–Crippen LogP) is 2.38. The first-order valence-corrected chi connectivity index (χ1v) is 10.4. The molecule has 0 saturated carbocycles. The fourth-order valence-electron chi connectivity index (χ4n) is 2.44. The fraction of sp³-hybridized carbons (Fsp3) is 0.579. The summed E-state index contributed by atoms with van der Waals surface area (Å²) >= 11 is 0. The molecular formula is C19H30N2O5S. The molecule has 0 aromatic heterocycles. The van der Waals surface area contributed by atoms with Crippen LogP contribution in [0.5, 0.6) is 0 Å². The van der Waals surface area contributed by atoms with Crippen molar-refractivity contribution in [2.75, 3.05) is 27.2 Å². The third-order valence-corrected chi connectivity index (χ3v) is 6.24. The molecule has 8 heteroatoms. The van der Waals surface area contributed by atoms with Gasteiger partial charge >= 0.3 is 5.97 Å². The maximum absolute atomic E-state index is 12.8. The number of amides is 1. The summed E-state index contributed by atoms with van der Waals surface area (Å²) in [6.07, 6.45) is 0.112. The number of carbonyl (C=O) groups excluding carboxylic acids is 2. The molecule has 7 nitrogen and oxygen atoms in total. The second-order valence-corrected chi connectivity index (χ2v) is 9.11. The summed E-state index contributed by atoms with van der Waals surface area (Å²) in [5.74, 6) is -0.394. The maximum Gasteiger partial charge on any atom is 0.307 e. The van der Waals surface area contributed by atoms with Crippen molar-refractivity contribution in [1.29, 1.82) is 0 Å². The molecule has 1 aromatic rings. The van der Waals surface area contributed by atoms with Crippen LogP contribution in [0.4, 0.5) is 0 Å². The van der Waals surface area contributed by atoms with Crippen LogP contribution in [0.1, 0.15) is 44.5 Å². The number of hydrogen-bond donors (Lipinski definition) is 0. The Morgan fingerprint density at radius 1 is 1.07 bits per heavy atom. The molecule has 0 fully saturated rings. The van der Waals surface area contributed by atoms with Crippen molar-refractivity contribution >= 4 is 21.9 Å². The molecule has 0 atom stereocenters. The first-order valence-electron chi connectivity index (χ1n) is 8.94. The zero-order valence-electron chi connectivity index (χ0n) is 16.9. The van der Waals surface area contributed by atoms with Crippen LogP contribution < -0.4 is 0 Å². The molecule has 27 heavy (non-hydrogen) atoms. The van der Waals surface area contributed by atoms with Gasteiger partial charge < -0.3 is 9.64 Å². The van der Waals surface area contributed by atoms with Gasteiger partial charge in [-0.15, -0.1) is 0 Å². The molecule has 0 radical (unpaired) electrons. The third kappa shape index (κ3) is 6.32. The van der Waals surface area contributed by atoms with Crippen molar-refractivity contribution in [2.45, 2.75) is 45.1 Å². The molecular weight excluding hydrogens is 368 g/mol. The maximum atomic E-state index is 12.8. The first kappa shape index (κ1) is 23.1. The van der Waals surface area contributed by atoms with E-state index in [1.165, 1.54) is 42.7 Å². The largest absolute Gasteiger partial charge is 0.469 e. The average molecular weight is 399 g/mol. The van der Waals surface area contributed by atoms with Crippen LogP contribution in [-0.2, 0) is 19.6 Å². The lowest BCUT2D eigenvalue weighted by atomic mass is 10.1.